The van der Waals surface area contributed by atoms with Gasteiger partial charge in [0.15, 0.2) is 0 Å². The number of aromatic carboxylic acids is 1. The topological polar surface area (TPSA) is 80.7 Å². The normalized spacial score (nSPS) is 11.8. The van der Waals surface area contributed by atoms with Crippen molar-refractivity contribution in [3.63, 3.8) is 0 Å². The zero-order valence-electron chi connectivity index (χ0n) is 10.6. The lowest BCUT2D eigenvalue weighted by atomic mass is 10.1. The molecule has 1 rings (SSSR count). The van der Waals surface area contributed by atoms with Crippen molar-refractivity contribution in [2.45, 2.75) is 19.1 Å². The highest BCUT2D eigenvalue weighted by atomic mass is 32.2. The number of ether oxygens (including phenoxy) is 1. The fourth-order valence-corrected chi connectivity index (χ4v) is 2.38. The number of carboxylic acid groups (broad SMARTS) is 1. The molecule has 0 saturated heterocycles. The minimum Gasteiger partial charge on any atom is -0.478 e. The van der Waals surface area contributed by atoms with Crippen molar-refractivity contribution >= 4 is 22.7 Å². The second-order valence-corrected chi connectivity index (χ2v) is 5.41. The Labute approximate surface area is 114 Å². The zero-order chi connectivity index (χ0) is 14.3. The SMILES string of the molecule is CCCOC(=O)CS(=O)Cc1ccc(C(=O)O)cc1. The molecule has 1 unspecified atom stereocenters. The fraction of sp³-hybridized carbons (Fsp3) is 0.385. The first-order valence-corrected chi connectivity index (χ1v) is 7.34. The predicted molar refractivity (Wildman–Crippen MR) is 71.4 cm³/mol. The number of hydrogen-bond acceptors (Lipinski definition) is 4. The third-order valence-corrected chi connectivity index (χ3v) is 3.49. The molecule has 0 aliphatic rings. The molecule has 1 aromatic rings. The Hall–Kier alpha value is -1.69. The average Bonchev–Trinajstić information content (AvgIpc) is 2.36. The summed E-state index contributed by atoms with van der Waals surface area (Å²) < 4.78 is 16.5. The van der Waals surface area contributed by atoms with Crippen LogP contribution in [0, 0.1) is 0 Å². The van der Waals surface area contributed by atoms with E-state index < -0.39 is 22.7 Å². The van der Waals surface area contributed by atoms with Crippen molar-refractivity contribution in [1.82, 2.24) is 0 Å². The number of carboxylic acids is 1. The van der Waals surface area contributed by atoms with Gasteiger partial charge in [0, 0.05) is 16.6 Å². The molecular weight excluding hydrogens is 268 g/mol. The predicted octanol–water partition coefficient (Wildman–Crippen LogP) is 1.59. The van der Waals surface area contributed by atoms with E-state index >= 15 is 0 Å². The van der Waals surface area contributed by atoms with Crippen LogP contribution in [0.25, 0.3) is 0 Å². The Bertz CT molecular complexity index is 466. The summed E-state index contributed by atoms with van der Waals surface area (Å²) in [6.07, 6.45) is 0.731. The van der Waals surface area contributed by atoms with Crippen molar-refractivity contribution in [2.24, 2.45) is 0 Å². The molecule has 5 nitrogen and oxygen atoms in total. The maximum Gasteiger partial charge on any atom is 0.335 e. The lowest BCUT2D eigenvalue weighted by Crippen LogP contribution is -2.15. The van der Waals surface area contributed by atoms with E-state index in [2.05, 4.69) is 0 Å². The summed E-state index contributed by atoms with van der Waals surface area (Å²) in [7, 11) is -1.34. The zero-order valence-corrected chi connectivity index (χ0v) is 11.4. The standard InChI is InChI=1S/C13H16O5S/c1-2-7-18-12(14)9-19(17)8-10-3-5-11(6-4-10)13(15)16/h3-6H,2,7-9H2,1H3,(H,15,16). The molecule has 19 heavy (non-hydrogen) atoms. The number of rotatable bonds is 7. The van der Waals surface area contributed by atoms with Crippen molar-refractivity contribution in [1.29, 1.82) is 0 Å². The molecule has 1 N–H and O–H groups in total. The molecule has 0 aliphatic carbocycles. The van der Waals surface area contributed by atoms with Crippen LogP contribution in [0.5, 0.6) is 0 Å². The van der Waals surface area contributed by atoms with Gasteiger partial charge in [-0.25, -0.2) is 4.79 Å². The molecule has 0 heterocycles. The molecule has 0 bridgehead atoms. The quantitative estimate of drug-likeness (QED) is 0.769. The Morgan fingerprint density at radius 1 is 1.26 bits per heavy atom. The van der Waals surface area contributed by atoms with Crippen molar-refractivity contribution in [2.75, 3.05) is 12.4 Å². The minimum absolute atomic E-state index is 0.138. The van der Waals surface area contributed by atoms with Crippen LogP contribution in [0.1, 0.15) is 29.3 Å². The fourth-order valence-electron chi connectivity index (χ4n) is 1.37. The summed E-state index contributed by atoms with van der Waals surface area (Å²) in [5.74, 6) is -1.40. The summed E-state index contributed by atoms with van der Waals surface area (Å²) in [5.41, 5.74) is 0.906. The number of esters is 1. The van der Waals surface area contributed by atoms with E-state index in [9.17, 15) is 13.8 Å². The van der Waals surface area contributed by atoms with Gasteiger partial charge in [-0.1, -0.05) is 19.1 Å². The van der Waals surface area contributed by atoms with Crippen LogP contribution in [-0.2, 0) is 26.1 Å². The third-order valence-electron chi connectivity index (χ3n) is 2.27. The highest BCUT2D eigenvalue weighted by molar-refractivity contribution is 7.84. The van der Waals surface area contributed by atoms with Gasteiger partial charge in [0.1, 0.15) is 5.75 Å². The van der Waals surface area contributed by atoms with Gasteiger partial charge in [0.2, 0.25) is 0 Å². The van der Waals surface area contributed by atoms with Crippen LogP contribution in [0.2, 0.25) is 0 Å². The molecule has 104 valence electrons. The minimum atomic E-state index is -1.34. The van der Waals surface area contributed by atoms with Gasteiger partial charge in [0.05, 0.1) is 12.2 Å². The first-order valence-electron chi connectivity index (χ1n) is 5.85. The van der Waals surface area contributed by atoms with Crippen molar-refractivity contribution in [3.8, 4) is 0 Å². The Morgan fingerprint density at radius 2 is 1.89 bits per heavy atom. The number of hydrogen-bond donors (Lipinski definition) is 1. The lowest BCUT2D eigenvalue weighted by Gasteiger charge is -2.04. The van der Waals surface area contributed by atoms with Gasteiger partial charge in [-0.2, -0.15) is 0 Å². The van der Waals surface area contributed by atoms with E-state index in [1.165, 1.54) is 12.1 Å². The smallest absolute Gasteiger partial charge is 0.335 e. The highest BCUT2D eigenvalue weighted by Gasteiger charge is 2.10. The molecule has 0 radical (unpaired) electrons. The third kappa shape index (κ3) is 5.65. The van der Waals surface area contributed by atoms with E-state index in [1.54, 1.807) is 12.1 Å². The summed E-state index contributed by atoms with van der Waals surface area (Å²) >= 11 is 0. The monoisotopic (exact) mass is 284 g/mol. The maximum atomic E-state index is 11.7. The first kappa shape index (κ1) is 15.4. The second kappa shape index (κ2) is 7.68. The maximum absolute atomic E-state index is 11.7. The molecular formula is C13H16O5S. The summed E-state index contributed by atoms with van der Waals surface area (Å²) in [6, 6.07) is 6.09. The molecule has 0 saturated carbocycles. The van der Waals surface area contributed by atoms with Crippen LogP contribution >= 0.6 is 0 Å². The Kier molecular flexibility index (Phi) is 6.21. The Morgan fingerprint density at radius 3 is 2.42 bits per heavy atom. The van der Waals surface area contributed by atoms with Crippen LogP contribution in [-0.4, -0.2) is 33.6 Å². The van der Waals surface area contributed by atoms with Crippen LogP contribution in [0.15, 0.2) is 24.3 Å². The highest BCUT2D eigenvalue weighted by Crippen LogP contribution is 2.07. The Balaban J connectivity index is 2.48. The molecule has 0 amide bonds. The summed E-state index contributed by atoms with van der Waals surface area (Å²) in [6.45, 7) is 2.22. The first-order chi connectivity index (χ1) is 9.02. The molecule has 6 heteroatoms. The van der Waals surface area contributed by atoms with E-state index in [0.717, 1.165) is 12.0 Å². The number of benzene rings is 1. The molecule has 0 aliphatic heterocycles. The molecule has 0 spiro atoms. The lowest BCUT2D eigenvalue weighted by molar-refractivity contribution is -0.140. The van der Waals surface area contributed by atoms with E-state index in [1.807, 2.05) is 6.92 Å². The molecule has 1 atom stereocenters. The van der Waals surface area contributed by atoms with Gasteiger partial charge in [-0.05, 0) is 24.1 Å². The molecule has 0 fully saturated rings. The molecule has 0 aromatic heterocycles. The summed E-state index contributed by atoms with van der Waals surface area (Å²) in [4.78, 5) is 21.9. The van der Waals surface area contributed by atoms with Crippen LogP contribution in [0.4, 0.5) is 0 Å². The van der Waals surface area contributed by atoms with E-state index in [4.69, 9.17) is 9.84 Å². The van der Waals surface area contributed by atoms with Crippen LogP contribution < -0.4 is 0 Å². The van der Waals surface area contributed by atoms with Crippen LogP contribution in [0.3, 0.4) is 0 Å². The van der Waals surface area contributed by atoms with Crippen molar-refractivity contribution in [3.05, 3.63) is 35.4 Å². The summed E-state index contributed by atoms with van der Waals surface area (Å²) in [5, 5.41) is 8.74. The van der Waals surface area contributed by atoms with E-state index in [-0.39, 0.29) is 17.1 Å². The second-order valence-electron chi connectivity index (χ2n) is 3.95. The number of carbonyl (C=O) groups is 2. The van der Waals surface area contributed by atoms with Gasteiger partial charge in [-0.15, -0.1) is 0 Å². The van der Waals surface area contributed by atoms with Gasteiger partial charge >= 0.3 is 11.9 Å². The van der Waals surface area contributed by atoms with Crippen molar-refractivity contribution < 1.29 is 23.6 Å². The van der Waals surface area contributed by atoms with Gasteiger partial charge in [0.25, 0.3) is 0 Å². The largest absolute Gasteiger partial charge is 0.478 e. The van der Waals surface area contributed by atoms with E-state index in [0.29, 0.717) is 6.61 Å². The number of carbonyl (C=O) groups excluding carboxylic acids is 1. The molecule has 1 aromatic carbocycles. The van der Waals surface area contributed by atoms with Gasteiger partial charge in [-0.3, -0.25) is 9.00 Å². The van der Waals surface area contributed by atoms with Gasteiger partial charge < -0.3 is 9.84 Å². The average molecular weight is 284 g/mol.